The molecule has 0 fully saturated rings. The highest BCUT2D eigenvalue weighted by atomic mass is 35.5. The van der Waals surface area contributed by atoms with Crippen LogP contribution in [0.2, 0.25) is 10.0 Å². The molecule has 106 valence electrons. The number of hydrogen-bond acceptors (Lipinski definition) is 4. The number of hydrogen-bond donors (Lipinski definition) is 2. The molecular formula is C14H16Cl2N4. The molecule has 2 N–H and O–H groups in total. The van der Waals surface area contributed by atoms with Gasteiger partial charge in [-0.1, -0.05) is 30.1 Å². The van der Waals surface area contributed by atoms with Crippen molar-refractivity contribution in [1.29, 1.82) is 0 Å². The van der Waals surface area contributed by atoms with Crippen molar-refractivity contribution in [3.05, 3.63) is 40.1 Å². The highest BCUT2D eigenvalue weighted by Gasteiger charge is 2.10. The number of aromatic nitrogens is 2. The zero-order chi connectivity index (χ0) is 14.5. The lowest BCUT2D eigenvalue weighted by Gasteiger charge is -2.14. The summed E-state index contributed by atoms with van der Waals surface area (Å²) >= 11 is 11.9. The quantitative estimate of drug-likeness (QED) is 0.852. The molecule has 0 atom stereocenters. The molecule has 20 heavy (non-hydrogen) atoms. The van der Waals surface area contributed by atoms with E-state index in [0.29, 0.717) is 10.0 Å². The van der Waals surface area contributed by atoms with Gasteiger partial charge in [0, 0.05) is 17.8 Å². The first-order valence-electron chi connectivity index (χ1n) is 6.45. The number of nitrogens with zero attached hydrogens (tertiary/aromatic N) is 2. The number of anilines is 3. The summed E-state index contributed by atoms with van der Waals surface area (Å²) in [6.07, 6.45) is 2.36. The molecule has 2 rings (SSSR count). The van der Waals surface area contributed by atoms with Crippen molar-refractivity contribution in [3.63, 3.8) is 0 Å². The average molecular weight is 311 g/mol. The molecule has 4 nitrogen and oxygen atoms in total. The van der Waals surface area contributed by atoms with Crippen LogP contribution in [0.15, 0.2) is 24.5 Å². The van der Waals surface area contributed by atoms with Gasteiger partial charge in [-0.2, -0.15) is 0 Å². The summed E-state index contributed by atoms with van der Waals surface area (Å²) in [7, 11) is 0. The Bertz CT molecular complexity index is 602. The molecule has 0 amide bonds. The summed E-state index contributed by atoms with van der Waals surface area (Å²) in [4.78, 5) is 8.57. The Labute approximate surface area is 128 Å². The molecular weight excluding hydrogens is 295 g/mol. The van der Waals surface area contributed by atoms with Gasteiger partial charge in [0.05, 0.1) is 10.0 Å². The third-order valence-corrected chi connectivity index (χ3v) is 3.56. The Kier molecular flexibility index (Phi) is 5.04. The molecule has 0 saturated carbocycles. The molecule has 1 heterocycles. The van der Waals surface area contributed by atoms with Crippen molar-refractivity contribution in [2.24, 2.45) is 0 Å². The molecule has 0 aliphatic rings. The fourth-order valence-corrected chi connectivity index (χ4v) is 2.18. The van der Waals surface area contributed by atoms with Crippen LogP contribution in [0.25, 0.3) is 0 Å². The summed E-state index contributed by atoms with van der Waals surface area (Å²) in [5.41, 5.74) is 1.88. The topological polar surface area (TPSA) is 49.8 Å². The van der Waals surface area contributed by atoms with Crippen LogP contribution in [0.1, 0.15) is 19.4 Å². The molecule has 0 unspecified atom stereocenters. The molecule has 1 aromatic heterocycles. The van der Waals surface area contributed by atoms with Crippen LogP contribution in [-0.4, -0.2) is 16.5 Å². The second-order valence-electron chi connectivity index (χ2n) is 4.19. The van der Waals surface area contributed by atoms with Crippen LogP contribution in [0.5, 0.6) is 0 Å². The van der Waals surface area contributed by atoms with Gasteiger partial charge in [-0.05, 0) is 31.5 Å². The zero-order valence-electron chi connectivity index (χ0n) is 11.4. The maximum Gasteiger partial charge on any atom is 0.139 e. The molecule has 0 aliphatic carbocycles. The zero-order valence-corrected chi connectivity index (χ0v) is 12.9. The highest BCUT2D eigenvalue weighted by Crippen LogP contribution is 2.28. The smallest absolute Gasteiger partial charge is 0.139 e. The van der Waals surface area contributed by atoms with Gasteiger partial charge in [0.15, 0.2) is 0 Å². The van der Waals surface area contributed by atoms with Crippen molar-refractivity contribution in [2.45, 2.75) is 20.3 Å². The summed E-state index contributed by atoms with van der Waals surface area (Å²) in [5.74, 6) is 1.63. The second-order valence-corrected chi connectivity index (χ2v) is 5.00. The lowest BCUT2D eigenvalue weighted by molar-refractivity contribution is 1.03. The Morgan fingerprint density at radius 1 is 1.05 bits per heavy atom. The third-order valence-electron chi connectivity index (χ3n) is 2.83. The lowest BCUT2D eigenvalue weighted by Crippen LogP contribution is -2.07. The molecule has 0 radical (unpaired) electrons. The minimum atomic E-state index is 0.510. The van der Waals surface area contributed by atoms with Crippen molar-refractivity contribution >= 4 is 40.5 Å². The third kappa shape index (κ3) is 3.32. The SMILES string of the molecule is CCNc1ncnc(Nc2ccc(Cl)c(Cl)c2)c1CC. The summed E-state index contributed by atoms with van der Waals surface area (Å²) in [5, 5.41) is 7.53. The average Bonchev–Trinajstić information content (AvgIpc) is 2.44. The summed E-state index contributed by atoms with van der Waals surface area (Å²) in [6, 6.07) is 5.39. The van der Waals surface area contributed by atoms with Gasteiger partial charge >= 0.3 is 0 Å². The van der Waals surface area contributed by atoms with Crippen LogP contribution in [0.3, 0.4) is 0 Å². The summed E-state index contributed by atoms with van der Waals surface area (Å²) in [6.45, 7) is 4.92. The Balaban J connectivity index is 2.32. The fourth-order valence-electron chi connectivity index (χ4n) is 1.89. The second kappa shape index (κ2) is 6.77. The lowest BCUT2D eigenvalue weighted by atomic mass is 10.2. The summed E-state index contributed by atoms with van der Waals surface area (Å²) < 4.78 is 0. The van der Waals surface area contributed by atoms with Crippen LogP contribution in [0, 0.1) is 0 Å². The molecule has 0 aliphatic heterocycles. The van der Waals surface area contributed by atoms with E-state index < -0.39 is 0 Å². The predicted molar refractivity (Wildman–Crippen MR) is 85.3 cm³/mol. The number of benzene rings is 1. The Hall–Kier alpha value is -1.52. The predicted octanol–water partition coefficient (Wildman–Crippen LogP) is 4.52. The molecule has 6 heteroatoms. The van der Waals surface area contributed by atoms with E-state index in [0.717, 1.165) is 35.9 Å². The van der Waals surface area contributed by atoms with Gasteiger partial charge in [-0.3, -0.25) is 0 Å². The van der Waals surface area contributed by atoms with E-state index >= 15 is 0 Å². The maximum absolute atomic E-state index is 6.02. The first-order chi connectivity index (χ1) is 9.65. The van der Waals surface area contributed by atoms with E-state index in [1.807, 2.05) is 13.0 Å². The van der Waals surface area contributed by atoms with Crippen molar-refractivity contribution in [2.75, 3.05) is 17.2 Å². The molecule has 0 bridgehead atoms. The van der Waals surface area contributed by atoms with Crippen LogP contribution >= 0.6 is 23.2 Å². The Morgan fingerprint density at radius 3 is 2.45 bits per heavy atom. The molecule has 0 spiro atoms. The van der Waals surface area contributed by atoms with Crippen LogP contribution < -0.4 is 10.6 Å². The number of nitrogens with one attached hydrogen (secondary N) is 2. The molecule has 0 saturated heterocycles. The van der Waals surface area contributed by atoms with Gasteiger partial charge in [0.2, 0.25) is 0 Å². The van der Waals surface area contributed by atoms with E-state index in [9.17, 15) is 0 Å². The maximum atomic E-state index is 6.02. The first-order valence-corrected chi connectivity index (χ1v) is 7.21. The normalized spacial score (nSPS) is 10.4. The number of rotatable bonds is 5. The van der Waals surface area contributed by atoms with Crippen molar-refractivity contribution in [3.8, 4) is 0 Å². The Morgan fingerprint density at radius 2 is 1.80 bits per heavy atom. The van der Waals surface area contributed by atoms with E-state index in [4.69, 9.17) is 23.2 Å². The van der Waals surface area contributed by atoms with E-state index in [1.54, 1.807) is 12.1 Å². The van der Waals surface area contributed by atoms with E-state index in [-0.39, 0.29) is 0 Å². The monoisotopic (exact) mass is 310 g/mol. The van der Waals surface area contributed by atoms with Gasteiger partial charge < -0.3 is 10.6 Å². The minimum Gasteiger partial charge on any atom is -0.370 e. The van der Waals surface area contributed by atoms with Crippen molar-refractivity contribution in [1.82, 2.24) is 9.97 Å². The first kappa shape index (κ1) is 14.9. The van der Waals surface area contributed by atoms with E-state index in [2.05, 4.69) is 27.5 Å². The van der Waals surface area contributed by atoms with Crippen LogP contribution in [-0.2, 0) is 6.42 Å². The standard InChI is InChI=1S/C14H16Cl2N4/c1-3-10-13(17-4-2)18-8-19-14(10)20-9-5-6-11(15)12(16)7-9/h5-8H,3-4H2,1-2H3,(H2,17,18,19,20). The van der Waals surface area contributed by atoms with Gasteiger partial charge in [-0.25, -0.2) is 9.97 Å². The fraction of sp³-hybridized carbons (Fsp3) is 0.286. The number of halogens is 2. The largest absolute Gasteiger partial charge is 0.370 e. The molecule has 2 aromatic rings. The van der Waals surface area contributed by atoms with E-state index in [1.165, 1.54) is 6.33 Å². The van der Waals surface area contributed by atoms with Crippen LogP contribution in [0.4, 0.5) is 17.3 Å². The van der Waals surface area contributed by atoms with Gasteiger partial charge in [0.25, 0.3) is 0 Å². The van der Waals surface area contributed by atoms with Gasteiger partial charge in [0.1, 0.15) is 18.0 Å². The minimum absolute atomic E-state index is 0.510. The molecule has 1 aromatic carbocycles. The highest BCUT2D eigenvalue weighted by molar-refractivity contribution is 6.42. The van der Waals surface area contributed by atoms with Gasteiger partial charge in [-0.15, -0.1) is 0 Å². The van der Waals surface area contributed by atoms with Crippen molar-refractivity contribution < 1.29 is 0 Å².